The molecule has 2 aromatic carbocycles. The average Bonchev–Trinajstić information content (AvgIpc) is 3.80. The summed E-state index contributed by atoms with van der Waals surface area (Å²) in [4.78, 5) is 44.9. The number of carbonyl (C=O) groups excluding carboxylic acids is 3. The fourth-order valence-electron chi connectivity index (χ4n) is 5.96. The SMILES string of the molecule is C[C@H](NC(=O)[C@@H]1C[C@@H](F)CN1C(=O)CNC(=O)c1ccc2cc(F)ccc2n1)c1cc(C2=CCCNC2)ccc1/C=C/C1CC1.Cl. The molecule has 11 heteroatoms. The van der Waals surface area contributed by atoms with E-state index >= 15 is 0 Å². The Morgan fingerprint density at radius 1 is 1.13 bits per heavy atom. The number of carbonyl (C=O) groups is 3. The molecule has 0 unspecified atom stereocenters. The maximum Gasteiger partial charge on any atom is 0.270 e. The summed E-state index contributed by atoms with van der Waals surface area (Å²) in [6.07, 6.45) is 8.41. The van der Waals surface area contributed by atoms with Gasteiger partial charge < -0.3 is 20.9 Å². The molecule has 3 aromatic rings. The number of likely N-dealkylation sites (tertiary alicyclic amines) is 1. The van der Waals surface area contributed by atoms with Crippen LogP contribution in [0.1, 0.15) is 65.8 Å². The van der Waals surface area contributed by atoms with E-state index in [0.717, 1.165) is 36.2 Å². The highest BCUT2D eigenvalue weighted by atomic mass is 35.5. The second-order valence-corrected chi connectivity index (χ2v) is 12.1. The van der Waals surface area contributed by atoms with Crippen LogP contribution < -0.4 is 16.0 Å². The summed E-state index contributed by atoms with van der Waals surface area (Å²) in [7, 11) is 0. The van der Waals surface area contributed by atoms with Crippen molar-refractivity contribution in [1.29, 1.82) is 0 Å². The first-order valence-corrected chi connectivity index (χ1v) is 15.6. The van der Waals surface area contributed by atoms with Crippen LogP contribution in [-0.2, 0) is 9.59 Å². The first-order chi connectivity index (χ1) is 21.7. The zero-order valence-electron chi connectivity index (χ0n) is 25.6. The monoisotopic (exact) mass is 649 g/mol. The summed E-state index contributed by atoms with van der Waals surface area (Å²) < 4.78 is 28.1. The minimum Gasteiger partial charge on any atom is -0.348 e. The van der Waals surface area contributed by atoms with Crippen molar-refractivity contribution in [2.45, 2.75) is 50.9 Å². The van der Waals surface area contributed by atoms with Gasteiger partial charge in [-0.1, -0.05) is 36.4 Å². The minimum atomic E-state index is -1.36. The van der Waals surface area contributed by atoms with Crippen LogP contribution in [0.5, 0.6) is 0 Å². The quantitative estimate of drug-likeness (QED) is 0.298. The molecule has 1 aliphatic carbocycles. The third-order valence-electron chi connectivity index (χ3n) is 8.64. The molecule has 1 saturated carbocycles. The van der Waals surface area contributed by atoms with E-state index in [-0.39, 0.29) is 31.1 Å². The smallest absolute Gasteiger partial charge is 0.270 e. The Kier molecular flexibility index (Phi) is 10.5. The molecule has 0 spiro atoms. The van der Waals surface area contributed by atoms with Gasteiger partial charge in [-0.15, -0.1) is 12.4 Å². The number of rotatable bonds is 9. The lowest BCUT2D eigenvalue weighted by Gasteiger charge is -2.26. The summed E-state index contributed by atoms with van der Waals surface area (Å²) >= 11 is 0. The van der Waals surface area contributed by atoms with Crippen LogP contribution in [-0.4, -0.2) is 66.0 Å². The molecule has 1 saturated heterocycles. The van der Waals surface area contributed by atoms with Gasteiger partial charge in [-0.2, -0.15) is 0 Å². The number of halogens is 3. The Balaban J connectivity index is 0.00000417. The summed E-state index contributed by atoms with van der Waals surface area (Å²) in [6.45, 7) is 2.98. The Morgan fingerprint density at radius 2 is 1.96 bits per heavy atom. The van der Waals surface area contributed by atoms with Crippen molar-refractivity contribution in [3.63, 3.8) is 0 Å². The number of nitrogens with one attached hydrogen (secondary N) is 3. The van der Waals surface area contributed by atoms with E-state index in [4.69, 9.17) is 0 Å². The number of allylic oxidation sites excluding steroid dienone is 1. The molecule has 1 aromatic heterocycles. The first kappa shape index (κ1) is 33.2. The largest absolute Gasteiger partial charge is 0.348 e. The minimum absolute atomic E-state index is 0. The number of nitrogens with zero attached hydrogens (tertiary/aromatic N) is 2. The van der Waals surface area contributed by atoms with Gasteiger partial charge in [0.1, 0.15) is 23.7 Å². The second kappa shape index (κ2) is 14.5. The third kappa shape index (κ3) is 7.79. The van der Waals surface area contributed by atoms with Crippen LogP contribution in [0.4, 0.5) is 8.78 Å². The summed E-state index contributed by atoms with van der Waals surface area (Å²) in [6, 6.07) is 12.0. The van der Waals surface area contributed by atoms with Gasteiger partial charge in [0, 0.05) is 18.4 Å². The lowest BCUT2D eigenvalue weighted by Crippen LogP contribution is -2.49. The highest BCUT2D eigenvalue weighted by Crippen LogP contribution is 2.33. The van der Waals surface area contributed by atoms with Crippen molar-refractivity contribution in [2.75, 3.05) is 26.2 Å². The van der Waals surface area contributed by atoms with Gasteiger partial charge in [-0.25, -0.2) is 13.8 Å². The third-order valence-corrected chi connectivity index (χ3v) is 8.64. The Labute approximate surface area is 273 Å². The molecule has 242 valence electrons. The molecular weight excluding hydrogens is 612 g/mol. The number of benzene rings is 2. The molecule has 3 N–H and O–H groups in total. The van der Waals surface area contributed by atoms with Gasteiger partial charge in [0.15, 0.2) is 0 Å². The van der Waals surface area contributed by atoms with Gasteiger partial charge in [0.05, 0.1) is 24.6 Å². The van der Waals surface area contributed by atoms with Crippen molar-refractivity contribution < 1.29 is 23.2 Å². The number of hydrogen-bond acceptors (Lipinski definition) is 5. The lowest BCUT2D eigenvalue weighted by molar-refractivity contribution is -0.138. The topological polar surface area (TPSA) is 103 Å². The molecule has 3 heterocycles. The van der Waals surface area contributed by atoms with E-state index in [1.165, 1.54) is 47.6 Å². The molecule has 46 heavy (non-hydrogen) atoms. The molecule has 0 bridgehead atoms. The Bertz CT molecular complexity index is 1690. The molecule has 2 aliphatic heterocycles. The Hall–Kier alpha value is -4.15. The van der Waals surface area contributed by atoms with Crippen LogP contribution in [0.15, 0.2) is 60.7 Å². The van der Waals surface area contributed by atoms with E-state index in [0.29, 0.717) is 16.8 Å². The predicted molar refractivity (Wildman–Crippen MR) is 177 cm³/mol. The van der Waals surface area contributed by atoms with Crippen molar-refractivity contribution in [3.8, 4) is 0 Å². The van der Waals surface area contributed by atoms with Crippen LogP contribution in [0.3, 0.4) is 0 Å². The normalized spacial score (nSPS) is 20.2. The van der Waals surface area contributed by atoms with Crippen molar-refractivity contribution >= 4 is 52.7 Å². The first-order valence-electron chi connectivity index (χ1n) is 15.6. The number of hydrogen-bond donors (Lipinski definition) is 3. The van der Waals surface area contributed by atoms with E-state index in [1.807, 2.05) is 6.92 Å². The van der Waals surface area contributed by atoms with E-state index in [9.17, 15) is 23.2 Å². The number of alkyl halides is 1. The lowest BCUT2D eigenvalue weighted by atomic mass is 9.93. The van der Waals surface area contributed by atoms with Crippen LogP contribution in [0, 0.1) is 11.7 Å². The van der Waals surface area contributed by atoms with Crippen molar-refractivity contribution in [3.05, 3.63) is 88.9 Å². The maximum absolute atomic E-state index is 14.6. The molecular formula is C35H38ClF2N5O3. The zero-order valence-corrected chi connectivity index (χ0v) is 26.4. The summed E-state index contributed by atoms with van der Waals surface area (Å²) in [5.74, 6) is -1.42. The Morgan fingerprint density at radius 3 is 2.72 bits per heavy atom. The number of amides is 3. The number of aromatic nitrogens is 1. The van der Waals surface area contributed by atoms with Gasteiger partial charge in [0.2, 0.25) is 11.8 Å². The van der Waals surface area contributed by atoms with Gasteiger partial charge >= 0.3 is 0 Å². The van der Waals surface area contributed by atoms with Crippen LogP contribution in [0.2, 0.25) is 0 Å². The van der Waals surface area contributed by atoms with Gasteiger partial charge in [0.25, 0.3) is 5.91 Å². The predicted octanol–water partition coefficient (Wildman–Crippen LogP) is 5.14. The van der Waals surface area contributed by atoms with Crippen LogP contribution >= 0.6 is 12.4 Å². The molecule has 2 fully saturated rings. The van der Waals surface area contributed by atoms with E-state index in [2.05, 4.69) is 57.4 Å². The van der Waals surface area contributed by atoms with Crippen LogP contribution in [0.25, 0.3) is 22.6 Å². The van der Waals surface area contributed by atoms with Gasteiger partial charge in [-0.3, -0.25) is 14.4 Å². The summed E-state index contributed by atoms with van der Waals surface area (Å²) in [5.41, 5.74) is 4.76. The maximum atomic E-state index is 14.6. The van der Waals surface area contributed by atoms with Gasteiger partial charge in [-0.05, 0) is 91.2 Å². The molecule has 8 nitrogen and oxygen atoms in total. The molecule has 6 rings (SSSR count). The number of fused-ring (bicyclic) bond motifs is 1. The highest BCUT2D eigenvalue weighted by Gasteiger charge is 2.40. The van der Waals surface area contributed by atoms with Crippen molar-refractivity contribution in [2.24, 2.45) is 5.92 Å². The number of pyridine rings is 1. The van der Waals surface area contributed by atoms with E-state index < -0.39 is 48.3 Å². The fraction of sp³-hybridized carbons (Fsp3) is 0.371. The standard InChI is InChI=1S/C35H37F2N5O3.ClH/c1-21(29-16-24(26-3-2-14-38-18-26)9-8-23(29)7-6-22-4-5-22)40-35(45)32-17-28(37)20-42(32)33(43)19-39-34(44)31-12-10-25-15-27(36)11-13-30(25)41-31;/h3,6-13,15-16,21-22,28,32,38H,2,4-5,14,17-20H2,1H3,(H,39,44)(H,40,45);1H/b7-6+;/t21-,28+,32-;/m0./s1. The summed E-state index contributed by atoms with van der Waals surface area (Å²) in [5, 5.41) is 9.50. The molecule has 3 aliphatic rings. The zero-order chi connectivity index (χ0) is 31.5. The molecule has 3 atom stereocenters. The molecule has 0 radical (unpaired) electrons. The fourth-order valence-corrected chi connectivity index (χ4v) is 5.96. The van der Waals surface area contributed by atoms with E-state index in [1.54, 1.807) is 6.07 Å². The van der Waals surface area contributed by atoms with Crippen molar-refractivity contribution in [1.82, 2.24) is 25.8 Å². The highest BCUT2D eigenvalue weighted by molar-refractivity contribution is 5.97. The molecule has 3 amide bonds. The average molecular weight is 650 g/mol. The second-order valence-electron chi connectivity index (χ2n) is 12.1.